The molecule has 2 amide bonds. The van der Waals surface area contributed by atoms with Crippen molar-refractivity contribution in [1.29, 1.82) is 0 Å². The lowest BCUT2D eigenvalue weighted by atomic mass is 10.0. The van der Waals surface area contributed by atoms with Crippen molar-refractivity contribution < 1.29 is 9.59 Å². The van der Waals surface area contributed by atoms with E-state index in [-0.39, 0.29) is 18.4 Å². The standard InChI is InChI=1S/C14H20N4O2/c15-11(8-13(16)19)14(20)18-7-6-17-12(9-18)10-4-2-1-3-5-10/h1-5,11-12,17H,6-9,15H2,(H2,16,19)/t11-,12?/m0/s1. The maximum absolute atomic E-state index is 12.2. The summed E-state index contributed by atoms with van der Waals surface area (Å²) < 4.78 is 0. The van der Waals surface area contributed by atoms with Gasteiger partial charge in [0.05, 0.1) is 12.5 Å². The van der Waals surface area contributed by atoms with Crippen molar-refractivity contribution in [2.75, 3.05) is 19.6 Å². The van der Waals surface area contributed by atoms with Crippen LogP contribution >= 0.6 is 0 Å². The van der Waals surface area contributed by atoms with Gasteiger partial charge in [-0.3, -0.25) is 9.59 Å². The molecule has 0 spiro atoms. The molecule has 0 aliphatic carbocycles. The SMILES string of the molecule is NC(=O)C[C@H](N)C(=O)N1CCNC(c2ccccc2)C1. The van der Waals surface area contributed by atoms with Gasteiger partial charge >= 0.3 is 0 Å². The van der Waals surface area contributed by atoms with Gasteiger partial charge in [0.25, 0.3) is 0 Å². The molecule has 5 N–H and O–H groups in total. The highest BCUT2D eigenvalue weighted by Gasteiger charge is 2.28. The van der Waals surface area contributed by atoms with Crippen LogP contribution in [0.2, 0.25) is 0 Å². The molecule has 1 fully saturated rings. The van der Waals surface area contributed by atoms with Gasteiger partial charge < -0.3 is 21.7 Å². The minimum Gasteiger partial charge on any atom is -0.370 e. The van der Waals surface area contributed by atoms with Crippen molar-refractivity contribution in [1.82, 2.24) is 10.2 Å². The fourth-order valence-electron chi connectivity index (χ4n) is 2.40. The van der Waals surface area contributed by atoms with Gasteiger partial charge in [0.15, 0.2) is 0 Å². The predicted octanol–water partition coefficient (Wildman–Crippen LogP) is -0.638. The van der Waals surface area contributed by atoms with Crippen LogP contribution in [-0.4, -0.2) is 42.4 Å². The highest BCUT2D eigenvalue weighted by atomic mass is 16.2. The number of primary amides is 1. The van der Waals surface area contributed by atoms with Crippen molar-refractivity contribution in [3.63, 3.8) is 0 Å². The number of nitrogens with zero attached hydrogens (tertiary/aromatic N) is 1. The Balaban J connectivity index is 2.00. The smallest absolute Gasteiger partial charge is 0.240 e. The van der Waals surface area contributed by atoms with Crippen molar-refractivity contribution in [3.8, 4) is 0 Å². The fourth-order valence-corrected chi connectivity index (χ4v) is 2.40. The highest BCUT2D eigenvalue weighted by molar-refractivity contribution is 5.87. The summed E-state index contributed by atoms with van der Waals surface area (Å²) in [6, 6.07) is 9.19. The number of benzene rings is 1. The molecular weight excluding hydrogens is 256 g/mol. The van der Waals surface area contributed by atoms with Gasteiger partial charge in [0.1, 0.15) is 0 Å². The molecule has 1 aromatic carbocycles. The third-order valence-electron chi connectivity index (χ3n) is 3.43. The molecule has 1 unspecified atom stereocenters. The van der Waals surface area contributed by atoms with Crippen LogP contribution in [0.4, 0.5) is 0 Å². The highest BCUT2D eigenvalue weighted by Crippen LogP contribution is 2.17. The Kier molecular flexibility index (Phi) is 4.70. The molecular formula is C14H20N4O2. The van der Waals surface area contributed by atoms with Crippen molar-refractivity contribution in [2.24, 2.45) is 11.5 Å². The third kappa shape index (κ3) is 3.55. The van der Waals surface area contributed by atoms with E-state index in [4.69, 9.17) is 11.5 Å². The van der Waals surface area contributed by atoms with E-state index >= 15 is 0 Å². The van der Waals surface area contributed by atoms with Gasteiger partial charge in [-0.2, -0.15) is 0 Å². The van der Waals surface area contributed by atoms with Crippen molar-refractivity contribution >= 4 is 11.8 Å². The summed E-state index contributed by atoms with van der Waals surface area (Å²) in [5, 5.41) is 3.37. The van der Waals surface area contributed by atoms with Crippen LogP contribution in [0.5, 0.6) is 0 Å². The number of carbonyl (C=O) groups excluding carboxylic acids is 2. The van der Waals surface area contributed by atoms with Gasteiger partial charge in [-0.25, -0.2) is 0 Å². The zero-order chi connectivity index (χ0) is 14.5. The summed E-state index contributed by atoms with van der Waals surface area (Å²) >= 11 is 0. The molecule has 108 valence electrons. The van der Waals surface area contributed by atoms with Crippen molar-refractivity contribution in [2.45, 2.75) is 18.5 Å². The first-order chi connectivity index (χ1) is 9.58. The summed E-state index contributed by atoms with van der Waals surface area (Å²) in [6.07, 6.45) is -0.112. The minimum atomic E-state index is -0.845. The summed E-state index contributed by atoms with van der Waals surface area (Å²) in [7, 11) is 0. The number of nitrogens with two attached hydrogens (primary N) is 2. The van der Waals surface area contributed by atoms with E-state index in [9.17, 15) is 9.59 Å². The monoisotopic (exact) mass is 276 g/mol. The summed E-state index contributed by atoms with van der Waals surface area (Å²) in [5.41, 5.74) is 11.9. The molecule has 2 rings (SSSR count). The molecule has 1 saturated heterocycles. The largest absolute Gasteiger partial charge is 0.370 e. The molecule has 1 aliphatic rings. The Hall–Kier alpha value is -1.92. The van der Waals surface area contributed by atoms with Crippen LogP contribution in [0.25, 0.3) is 0 Å². The van der Waals surface area contributed by atoms with E-state index in [1.54, 1.807) is 4.90 Å². The van der Waals surface area contributed by atoms with E-state index in [0.29, 0.717) is 19.6 Å². The number of nitrogens with one attached hydrogen (secondary N) is 1. The first-order valence-electron chi connectivity index (χ1n) is 6.69. The van der Waals surface area contributed by atoms with Crippen LogP contribution < -0.4 is 16.8 Å². The molecule has 1 aliphatic heterocycles. The summed E-state index contributed by atoms with van der Waals surface area (Å²) in [6.45, 7) is 1.85. The zero-order valence-electron chi connectivity index (χ0n) is 11.3. The number of hydrogen-bond acceptors (Lipinski definition) is 4. The van der Waals surface area contributed by atoms with E-state index < -0.39 is 11.9 Å². The number of piperazine rings is 1. The van der Waals surface area contributed by atoms with Gasteiger partial charge in [0.2, 0.25) is 11.8 Å². The average Bonchev–Trinajstić information content (AvgIpc) is 2.47. The summed E-state index contributed by atoms with van der Waals surface area (Å²) in [5.74, 6) is -0.771. The lowest BCUT2D eigenvalue weighted by Gasteiger charge is -2.35. The second-order valence-electron chi connectivity index (χ2n) is 4.98. The molecule has 0 saturated carbocycles. The van der Waals surface area contributed by atoms with Crippen LogP contribution in [-0.2, 0) is 9.59 Å². The topological polar surface area (TPSA) is 101 Å². The molecule has 20 heavy (non-hydrogen) atoms. The van der Waals surface area contributed by atoms with E-state index in [1.807, 2.05) is 30.3 Å². The second-order valence-corrected chi connectivity index (χ2v) is 4.98. The zero-order valence-corrected chi connectivity index (χ0v) is 11.3. The van der Waals surface area contributed by atoms with E-state index in [2.05, 4.69) is 5.32 Å². The molecule has 1 heterocycles. The quantitative estimate of drug-likeness (QED) is 0.681. The molecule has 2 atom stereocenters. The number of carbonyl (C=O) groups is 2. The number of amides is 2. The molecule has 0 radical (unpaired) electrons. The maximum Gasteiger partial charge on any atom is 0.240 e. The summed E-state index contributed by atoms with van der Waals surface area (Å²) in [4.78, 5) is 24.7. The van der Waals surface area contributed by atoms with Gasteiger partial charge in [-0.15, -0.1) is 0 Å². The van der Waals surface area contributed by atoms with Crippen LogP contribution in [0.15, 0.2) is 30.3 Å². The molecule has 6 heteroatoms. The minimum absolute atomic E-state index is 0.0923. The molecule has 0 aromatic heterocycles. The Morgan fingerprint density at radius 1 is 1.35 bits per heavy atom. The normalized spacial score (nSPS) is 20.4. The molecule has 0 bridgehead atoms. The predicted molar refractivity (Wildman–Crippen MR) is 75.6 cm³/mol. The first-order valence-corrected chi connectivity index (χ1v) is 6.69. The maximum atomic E-state index is 12.2. The Bertz CT molecular complexity index is 477. The Morgan fingerprint density at radius 2 is 2.05 bits per heavy atom. The van der Waals surface area contributed by atoms with Gasteiger partial charge in [-0.1, -0.05) is 30.3 Å². The van der Waals surface area contributed by atoms with Crippen LogP contribution in [0.1, 0.15) is 18.0 Å². The van der Waals surface area contributed by atoms with Crippen molar-refractivity contribution in [3.05, 3.63) is 35.9 Å². The van der Waals surface area contributed by atoms with E-state index in [0.717, 1.165) is 5.56 Å². The Morgan fingerprint density at radius 3 is 2.70 bits per heavy atom. The second kappa shape index (κ2) is 6.49. The molecule has 6 nitrogen and oxygen atoms in total. The third-order valence-corrected chi connectivity index (χ3v) is 3.43. The fraction of sp³-hybridized carbons (Fsp3) is 0.429. The first kappa shape index (κ1) is 14.5. The lowest BCUT2D eigenvalue weighted by Crippen LogP contribution is -2.53. The van der Waals surface area contributed by atoms with Gasteiger partial charge in [-0.05, 0) is 5.56 Å². The van der Waals surface area contributed by atoms with Gasteiger partial charge in [0, 0.05) is 25.7 Å². The van der Waals surface area contributed by atoms with E-state index in [1.165, 1.54) is 0 Å². The average molecular weight is 276 g/mol. The molecule has 1 aromatic rings. The Labute approximate surface area is 118 Å². The number of rotatable bonds is 4. The lowest BCUT2D eigenvalue weighted by molar-refractivity contribution is -0.135. The van der Waals surface area contributed by atoms with Crippen LogP contribution in [0.3, 0.4) is 0 Å². The van der Waals surface area contributed by atoms with Crippen LogP contribution in [0, 0.1) is 0 Å². The number of hydrogen-bond donors (Lipinski definition) is 3.